The Hall–Kier alpha value is -2.42. The summed E-state index contributed by atoms with van der Waals surface area (Å²) in [5, 5.41) is 2.75. The highest BCUT2D eigenvalue weighted by atomic mass is 32.2. The van der Waals surface area contributed by atoms with Crippen molar-refractivity contribution in [2.45, 2.75) is 31.0 Å². The number of hydrogen-bond acceptors (Lipinski definition) is 5. The first-order valence-corrected chi connectivity index (χ1v) is 11.0. The highest BCUT2D eigenvalue weighted by Crippen LogP contribution is 2.22. The number of para-hydroxylation sites is 1. The van der Waals surface area contributed by atoms with Crippen molar-refractivity contribution in [3.8, 4) is 5.75 Å². The van der Waals surface area contributed by atoms with Gasteiger partial charge < -0.3 is 14.8 Å². The van der Waals surface area contributed by atoms with E-state index in [0.29, 0.717) is 31.8 Å². The SMILES string of the molecule is C[C@@H]1CN(S(=O)(=O)c2cccc(C(=O)NCCOc3ccccc3)c2)C[C@@H](C)O1. The van der Waals surface area contributed by atoms with Crippen LogP contribution in [0.5, 0.6) is 5.75 Å². The van der Waals surface area contributed by atoms with Crippen LogP contribution in [0.3, 0.4) is 0 Å². The standard InChI is InChI=1S/C21H26N2O5S/c1-16-14-23(15-17(2)28-16)29(25,26)20-10-6-7-18(13-20)21(24)22-11-12-27-19-8-4-3-5-9-19/h3-10,13,16-17H,11-12,14-15H2,1-2H3,(H,22,24)/t16-,17-/m1/s1. The molecule has 0 saturated carbocycles. The van der Waals surface area contributed by atoms with Gasteiger partial charge in [-0.3, -0.25) is 4.79 Å². The summed E-state index contributed by atoms with van der Waals surface area (Å²) in [6.07, 6.45) is -0.353. The van der Waals surface area contributed by atoms with Crippen LogP contribution < -0.4 is 10.1 Å². The van der Waals surface area contributed by atoms with E-state index < -0.39 is 10.0 Å². The van der Waals surface area contributed by atoms with Crippen molar-refractivity contribution in [3.05, 3.63) is 60.2 Å². The van der Waals surface area contributed by atoms with Crippen LogP contribution in [-0.2, 0) is 14.8 Å². The van der Waals surface area contributed by atoms with Gasteiger partial charge in [0.05, 0.1) is 23.6 Å². The molecule has 0 unspecified atom stereocenters. The number of carbonyl (C=O) groups excluding carboxylic acids is 1. The molecule has 8 heteroatoms. The molecule has 1 aliphatic rings. The number of nitrogens with one attached hydrogen (secondary N) is 1. The highest BCUT2D eigenvalue weighted by Gasteiger charge is 2.32. The molecule has 29 heavy (non-hydrogen) atoms. The molecule has 2 aromatic rings. The molecule has 3 rings (SSSR count). The van der Waals surface area contributed by atoms with E-state index in [1.165, 1.54) is 16.4 Å². The van der Waals surface area contributed by atoms with Crippen molar-refractivity contribution in [3.63, 3.8) is 0 Å². The lowest BCUT2D eigenvalue weighted by Crippen LogP contribution is -2.48. The normalized spacial score (nSPS) is 20.2. The number of benzene rings is 2. The maximum atomic E-state index is 13.0. The summed E-state index contributed by atoms with van der Waals surface area (Å²) < 4.78 is 38.5. The van der Waals surface area contributed by atoms with Crippen molar-refractivity contribution in [1.29, 1.82) is 0 Å². The van der Waals surface area contributed by atoms with Gasteiger partial charge in [0.2, 0.25) is 10.0 Å². The molecule has 1 saturated heterocycles. The van der Waals surface area contributed by atoms with E-state index in [-0.39, 0.29) is 23.0 Å². The predicted molar refractivity (Wildman–Crippen MR) is 109 cm³/mol. The van der Waals surface area contributed by atoms with E-state index in [0.717, 1.165) is 5.75 Å². The van der Waals surface area contributed by atoms with Gasteiger partial charge in [0, 0.05) is 18.7 Å². The van der Waals surface area contributed by atoms with E-state index in [9.17, 15) is 13.2 Å². The van der Waals surface area contributed by atoms with Crippen LogP contribution in [0.2, 0.25) is 0 Å². The predicted octanol–water partition coefficient (Wildman–Crippen LogP) is 2.29. The van der Waals surface area contributed by atoms with Crippen LogP contribution in [0.4, 0.5) is 0 Å². The molecule has 156 valence electrons. The molecule has 0 aromatic heterocycles. The lowest BCUT2D eigenvalue weighted by molar-refractivity contribution is -0.0440. The van der Waals surface area contributed by atoms with Gasteiger partial charge in [-0.1, -0.05) is 24.3 Å². The van der Waals surface area contributed by atoms with Crippen LogP contribution in [0.1, 0.15) is 24.2 Å². The van der Waals surface area contributed by atoms with Crippen molar-refractivity contribution in [1.82, 2.24) is 9.62 Å². The fourth-order valence-electron chi connectivity index (χ4n) is 3.23. The summed E-state index contributed by atoms with van der Waals surface area (Å²) in [5.74, 6) is 0.381. The minimum Gasteiger partial charge on any atom is -0.492 e. The Bertz CT molecular complexity index is 923. The van der Waals surface area contributed by atoms with E-state index in [4.69, 9.17) is 9.47 Å². The van der Waals surface area contributed by atoms with E-state index in [2.05, 4.69) is 5.32 Å². The molecule has 1 aliphatic heterocycles. The summed E-state index contributed by atoms with van der Waals surface area (Å²) in [7, 11) is -3.70. The Morgan fingerprint density at radius 3 is 2.48 bits per heavy atom. The molecule has 0 aliphatic carbocycles. The van der Waals surface area contributed by atoms with Gasteiger partial charge in [-0.2, -0.15) is 4.31 Å². The van der Waals surface area contributed by atoms with Crippen LogP contribution in [0.25, 0.3) is 0 Å². The Labute approximate surface area is 171 Å². The first-order valence-electron chi connectivity index (χ1n) is 9.58. The number of amides is 1. The van der Waals surface area contributed by atoms with E-state index in [1.54, 1.807) is 12.1 Å². The Kier molecular flexibility index (Phi) is 6.89. The van der Waals surface area contributed by atoms with Gasteiger partial charge >= 0.3 is 0 Å². The molecule has 1 N–H and O–H groups in total. The van der Waals surface area contributed by atoms with Gasteiger partial charge in [0.1, 0.15) is 12.4 Å². The number of ether oxygens (including phenoxy) is 2. The van der Waals surface area contributed by atoms with Crippen molar-refractivity contribution in [2.24, 2.45) is 0 Å². The summed E-state index contributed by atoms with van der Waals surface area (Å²) in [6.45, 7) is 4.90. The number of sulfonamides is 1. The van der Waals surface area contributed by atoms with Crippen molar-refractivity contribution in [2.75, 3.05) is 26.2 Å². The zero-order chi connectivity index (χ0) is 20.9. The van der Waals surface area contributed by atoms with E-state index in [1.807, 2.05) is 44.2 Å². The fourth-order valence-corrected chi connectivity index (χ4v) is 4.86. The second kappa shape index (κ2) is 9.39. The Morgan fingerprint density at radius 2 is 1.79 bits per heavy atom. The average Bonchev–Trinajstić information content (AvgIpc) is 2.71. The molecule has 7 nitrogen and oxygen atoms in total. The molecule has 2 atom stereocenters. The molecule has 1 fully saturated rings. The number of hydrogen-bond donors (Lipinski definition) is 1. The minimum absolute atomic E-state index is 0.104. The third kappa shape index (κ3) is 5.56. The van der Waals surface area contributed by atoms with E-state index >= 15 is 0 Å². The van der Waals surface area contributed by atoms with Gasteiger partial charge in [-0.05, 0) is 44.2 Å². The lowest BCUT2D eigenvalue weighted by atomic mass is 10.2. The Morgan fingerprint density at radius 1 is 1.10 bits per heavy atom. The second-order valence-corrected chi connectivity index (χ2v) is 8.96. The summed E-state index contributed by atoms with van der Waals surface area (Å²) in [4.78, 5) is 12.5. The van der Waals surface area contributed by atoms with Gasteiger partial charge in [0.25, 0.3) is 5.91 Å². The van der Waals surface area contributed by atoms with Gasteiger partial charge in [-0.15, -0.1) is 0 Å². The van der Waals surface area contributed by atoms with Crippen LogP contribution >= 0.6 is 0 Å². The monoisotopic (exact) mass is 418 g/mol. The fraction of sp³-hybridized carbons (Fsp3) is 0.381. The van der Waals surface area contributed by atoms with Crippen LogP contribution in [0, 0.1) is 0 Å². The van der Waals surface area contributed by atoms with Crippen molar-refractivity contribution >= 4 is 15.9 Å². The first-order chi connectivity index (χ1) is 13.9. The van der Waals surface area contributed by atoms with Crippen LogP contribution in [0.15, 0.2) is 59.5 Å². The molecular formula is C21H26N2O5S. The largest absolute Gasteiger partial charge is 0.492 e. The third-order valence-corrected chi connectivity index (χ3v) is 6.35. The topological polar surface area (TPSA) is 84.9 Å². The number of carbonyl (C=O) groups is 1. The maximum absolute atomic E-state index is 13.0. The Balaban J connectivity index is 1.61. The zero-order valence-electron chi connectivity index (χ0n) is 16.6. The minimum atomic E-state index is -3.70. The van der Waals surface area contributed by atoms with Crippen LogP contribution in [-0.4, -0.2) is 57.1 Å². The maximum Gasteiger partial charge on any atom is 0.251 e. The molecule has 2 aromatic carbocycles. The summed E-state index contributed by atoms with van der Waals surface area (Å²) in [5.41, 5.74) is 0.292. The number of nitrogens with zero attached hydrogens (tertiary/aromatic N) is 1. The second-order valence-electron chi connectivity index (χ2n) is 7.02. The molecule has 1 heterocycles. The van der Waals surface area contributed by atoms with Gasteiger partial charge in [-0.25, -0.2) is 8.42 Å². The summed E-state index contributed by atoms with van der Waals surface area (Å²) >= 11 is 0. The lowest BCUT2D eigenvalue weighted by Gasteiger charge is -2.34. The molecule has 0 radical (unpaired) electrons. The van der Waals surface area contributed by atoms with Crippen molar-refractivity contribution < 1.29 is 22.7 Å². The first kappa shape index (κ1) is 21.3. The molecule has 0 bridgehead atoms. The van der Waals surface area contributed by atoms with Gasteiger partial charge in [0.15, 0.2) is 0 Å². The zero-order valence-corrected chi connectivity index (χ0v) is 17.4. The smallest absolute Gasteiger partial charge is 0.251 e. The average molecular weight is 419 g/mol. The highest BCUT2D eigenvalue weighted by molar-refractivity contribution is 7.89. The number of morpholine rings is 1. The summed E-state index contributed by atoms with van der Waals surface area (Å²) in [6, 6.07) is 15.4. The third-order valence-electron chi connectivity index (χ3n) is 4.52. The molecular weight excluding hydrogens is 392 g/mol. The molecule has 0 spiro atoms. The number of rotatable bonds is 7. The quantitative estimate of drug-likeness (QED) is 0.698. The molecule has 1 amide bonds.